The topological polar surface area (TPSA) is 23.8 Å². The molecule has 3 heteroatoms. The van der Waals surface area contributed by atoms with Gasteiger partial charge in [-0.05, 0) is 24.6 Å². The number of hydrogen-bond acceptors (Lipinski definition) is 2. The molecule has 0 bridgehead atoms. The molecular formula is C8H6BrNS. The van der Waals surface area contributed by atoms with Crippen LogP contribution < -0.4 is 0 Å². The van der Waals surface area contributed by atoms with Crippen molar-refractivity contribution in [3.63, 3.8) is 0 Å². The van der Waals surface area contributed by atoms with Crippen LogP contribution in [0.4, 0.5) is 0 Å². The van der Waals surface area contributed by atoms with Crippen LogP contribution in [0.3, 0.4) is 0 Å². The molecule has 0 saturated heterocycles. The molecule has 11 heavy (non-hydrogen) atoms. The van der Waals surface area contributed by atoms with Crippen molar-refractivity contribution in [1.82, 2.24) is 0 Å². The Bertz CT molecular complexity index is 328. The summed E-state index contributed by atoms with van der Waals surface area (Å²) >= 11 is 7.49. The predicted molar refractivity (Wildman–Crippen MR) is 50.8 cm³/mol. The van der Waals surface area contributed by atoms with Gasteiger partial charge in [0.15, 0.2) is 0 Å². The van der Waals surface area contributed by atoms with E-state index in [-0.39, 0.29) is 0 Å². The van der Waals surface area contributed by atoms with Crippen LogP contribution in [-0.2, 0) is 0 Å². The third-order valence-electron chi connectivity index (χ3n) is 1.40. The number of halogens is 1. The minimum absolute atomic E-state index is 0.603. The molecule has 0 radical (unpaired) electrons. The average molecular weight is 228 g/mol. The number of nitrogens with zero attached hydrogens (tertiary/aromatic N) is 1. The number of hydrogen-bond donors (Lipinski definition) is 1. The predicted octanol–water partition coefficient (Wildman–Crippen LogP) is 2.92. The normalized spacial score (nSPS) is 9.27. The molecule has 1 nitrogen and oxygen atoms in total. The van der Waals surface area contributed by atoms with Gasteiger partial charge in [-0.2, -0.15) is 5.26 Å². The van der Waals surface area contributed by atoms with Crippen molar-refractivity contribution in [3.8, 4) is 6.07 Å². The summed E-state index contributed by atoms with van der Waals surface area (Å²) in [5.41, 5.74) is 1.69. The van der Waals surface area contributed by atoms with E-state index in [1.807, 2.05) is 13.0 Å². The standard InChI is InChI=1S/C8H6BrNS/c1-5-2-8(11)6(4-10)3-7(5)9/h2-3,11H,1H3. The van der Waals surface area contributed by atoms with Gasteiger partial charge in [0, 0.05) is 9.37 Å². The molecule has 1 aromatic carbocycles. The number of nitriles is 1. The quantitative estimate of drug-likeness (QED) is 0.678. The first-order valence-electron chi connectivity index (χ1n) is 3.04. The highest BCUT2D eigenvalue weighted by molar-refractivity contribution is 9.10. The lowest BCUT2D eigenvalue weighted by Crippen LogP contribution is -1.81. The molecular weight excluding hydrogens is 222 g/mol. The van der Waals surface area contributed by atoms with E-state index in [1.165, 1.54) is 0 Å². The van der Waals surface area contributed by atoms with Crippen molar-refractivity contribution >= 4 is 28.6 Å². The zero-order valence-electron chi connectivity index (χ0n) is 5.93. The molecule has 0 amide bonds. The van der Waals surface area contributed by atoms with Gasteiger partial charge in [0.05, 0.1) is 5.56 Å². The summed E-state index contributed by atoms with van der Waals surface area (Å²) in [6, 6.07) is 5.70. The molecule has 0 spiro atoms. The van der Waals surface area contributed by atoms with Gasteiger partial charge in [0.2, 0.25) is 0 Å². The van der Waals surface area contributed by atoms with Gasteiger partial charge in [0.25, 0.3) is 0 Å². The molecule has 0 heterocycles. The van der Waals surface area contributed by atoms with Gasteiger partial charge in [-0.3, -0.25) is 0 Å². The molecule has 0 saturated carbocycles. The second-order valence-electron chi connectivity index (χ2n) is 2.23. The Hall–Kier alpha value is -0.460. The van der Waals surface area contributed by atoms with Crippen LogP contribution >= 0.6 is 28.6 Å². The first-order chi connectivity index (χ1) is 5.15. The lowest BCUT2D eigenvalue weighted by molar-refractivity contribution is 1.30. The summed E-state index contributed by atoms with van der Waals surface area (Å²) in [4.78, 5) is 0.730. The summed E-state index contributed by atoms with van der Waals surface area (Å²) in [5.74, 6) is 0. The fraction of sp³-hybridized carbons (Fsp3) is 0.125. The SMILES string of the molecule is Cc1cc(S)c(C#N)cc1Br. The molecule has 0 fully saturated rings. The summed E-state index contributed by atoms with van der Waals surface area (Å²) in [6.45, 7) is 1.96. The van der Waals surface area contributed by atoms with Crippen LogP contribution in [0.5, 0.6) is 0 Å². The van der Waals surface area contributed by atoms with E-state index in [4.69, 9.17) is 5.26 Å². The zero-order chi connectivity index (χ0) is 8.43. The van der Waals surface area contributed by atoms with Crippen molar-refractivity contribution in [2.45, 2.75) is 11.8 Å². The highest BCUT2D eigenvalue weighted by atomic mass is 79.9. The van der Waals surface area contributed by atoms with Crippen molar-refractivity contribution < 1.29 is 0 Å². The zero-order valence-corrected chi connectivity index (χ0v) is 8.41. The minimum atomic E-state index is 0.603. The van der Waals surface area contributed by atoms with Gasteiger partial charge in [-0.15, -0.1) is 12.6 Å². The van der Waals surface area contributed by atoms with E-state index in [0.717, 1.165) is 14.9 Å². The Morgan fingerprint density at radius 1 is 1.55 bits per heavy atom. The highest BCUT2D eigenvalue weighted by Crippen LogP contribution is 2.22. The molecule has 0 N–H and O–H groups in total. The largest absolute Gasteiger partial charge is 0.192 e. The summed E-state index contributed by atoms with van der Waals surface area (Å²) in [5, 5.41) is 8.61. The number of benzene rings is 1. The number of aryl methyl sites for hydroxylation is 1. The molecule has 0 aliphatic heterocycles. The van der Waals surface area contributed by atoms with Crippen molar-refractivity contribution in [3.05, 3.63) is 27.7 Å². The van der Waals surface area contributed by atoms with E-state index in [1.54, 1.807) is 6.07 Å². The Morgan fingerprint density at radius 2 is 2.18 bits per heavy atom. The van der Waals surface area contributed by atoms with Crippen molar-refractivity contribution in [2.75, 3.05) is 0 Å². The molecule has 1 rings (SSSR count). The fourth-order valence-electron chi connectivity index (χ4n) is 0.756. The molecule has 0 aromatic heterocycles. The summed E-state index contributed by atoms with van der Waals surface area (Å²) in [6.07, 6.45) is 0. The molecule has 0 aliphatic carbocycles. The first kappa shape index (κ1) is 8.63. The molecule has 0 unspecified atom stereocenters. The second kappa shape index (κ2) is 3.29. The van der Waals surface area contributed by atoms with Crippen LogP contribution in [0.25, 0.3) is 0 Å². The van der Waals surface area contributed by atoms with E-state index in [9.17, 15) is 0 Å². The van der Waals surface area contributed by atoms with Gasteiger partial charge < -0.3 is 0 Å². The molecule has 1 aromatic rings. The summed E-state index contributed by atoms with van der Waals surface area (Å²) < 4.78 is 0.951. The van der Waals surface area contributed by atoms with Gasteiger partial charge in [-0.1, -0.05) is 15.9 Å². The lowest BCUT2D eigenvalue weighted by Gasteiger charge is -2.00. The van der Waals surface area contributed by atoms with Crippen LogP contribution in [0.2, 0.25) is 0 Å². The monoisotopic (exact) mass is 227 g/mol. The van der Waals surface area contributed by atoms with Gasteiger partial charge >= 0.3 is 0 Å². The Morgan fingerprint density at radius 3 is 2.73 bits per heavy atom. The Labute approximate surface area is 79.6 Å². The minimum Gasteiger partial charge on any atom is -0.192 e. The third-order valence-corrected chi connectivity index (χ3v) is 2.62. The number of rotatable bonds is 0. The van der Waals surface area contributed by atoms with E-state index in [2.05, 4.69) is 34.6 Å². The summed E-state index contributed by atoms with van der Waals surface area (Å²) in [7, 11) is 0. The molecule has 56 valence electrons. The smallest absolute Gasteiger partial charge is 0.100 e. The van der Waals surface area contributed by atoms with Crippen molar-refractivity contribution in [2.24, 2.45) is 0 Å². The van der Waals surface area contributed by atoms with E-state index in [0.29, 0.717) is 5.56 Å². The van der Waals surface area contributed by atoms with Crippen LogP contribution in [0.1, 0.15) is 11.1 Å². The van der Waals surface area contributed by atoms with Gasteiger partial charge in [0.1, 0.15) is 6.07 Å². The maximum Gasteiger partial charge on any atom is 0.100 e. The van der Waals surface area contributed by atoms with Crippen LogP contribution in [0.15, 0.2) is 21.5 Å². The maximum atomic E-state index is 8.61. The maximum absolute atomic E-state index is 8.61. The lowest BCUT2D eigenvalue weighted by atomic mass is 10.2. The third kappa shape index (κ3) is 1.76. The highest BCUT2D eigenvalue weighted by Gasteiger charge is 2.01. The first-order valence-corrected chi connectivity index (χ1v) is 4.28. The molecule has 0 atom stereocenters. The second-order valence-corrected chi connectivity index (χ2v) is 3.57. The fourth-order valence-corrected chi connectivity index (χ4v) is 1.41. The Kier molecular flexibility index (Phi) is 2.58. The average Bonchev–Trinajstić information content (AvgIpc) is 1.97. The number of thiol groups is 1. The van der Waals surface area contributed by atoms with Crippen LogP contribution in [-0.4, -0.2) is 0 Å². The molecule has 0 aliphatic rings. The van der Waals surface area contributed by atoms with Gasteiger partial charge in [-0.25, -0.2) is 0 Å². The van der Waals surface area contributed by atoms with Crippen LogP contribution in [0, 0.1) is 18.3 Å². The van der Waals surface area contributed by atoms with E-state index >= 15 is 0 Å². The Balaban J connectivity index is 3.35. The van der Waals surface area contributed by atoms with E-state index < -0.39 is 0 Å². The van der Waals surface area contributed by atoms with Crippen molar-refractivity contribution in [1.29, 1.82) is 5.26 Å².